The van der Waals surface area contributed by atoms with Crippen LogP contribution < -0.4 is 5.73 Å². The Kier molecular flexibility index (Phi) is 3.76. The Morgan fingerprint density at radius 1 is 1.33 bits per heavy atom. The van der Waals surface area contributed by atoms with E-state index in [2.05, 4.69) is 0 Å². The van der Waals surface area contributed by atoms with Crippen LogP contribution in [0.4, 0.5) is 8.78 Å². The van der Waals surface area contributed by atoms with Crippen LogP contribution in [0.5, 0.6) is 0 Å². The van der Waals surface area contributed by atoms with E-state index in [1.165, 1.54) is 0 Å². The minimum atomic E-state index is -0.888. The molecule has 0 bridgehead atoms. The van der Waals surface area contributed by atoms with Gasteiger partial charge in [-0.15, -0.1) is 0 Å². The third-order valence-corrected chi connectivity index (χ3v) is 3.63. The van der Waals surface area contributed by atoms with Gasteiger partial charge in [0.25, 0.3) is 0 Å². The lowest BCUT2D eigenvalue weighted by Crippen LogP contribution is -2.08. The molecule has 2 atom stereocenters. The number of rotatable bonds is 5. The normalized spacial score (nSPS) is 22.0. The van der Waals surface area contributed by atoms with Gasteiger partial charge >= 0.3 is 0 Å². The van der Waals surface area contributed by atoms with Crippen LogP contribution in [0.25, 0.3) is 0 Å². The van der Waals surface area contributed by atoms with Gasteiger partial charge in [0.2, 0.25) is 0 Å². The van der Waals surface area contributed by atoms with E-state index in [0.29, 0.717) is 29.9 Å². The summed E-state index contributed by atoms with van der Waals surface area (Å²) >= 11 is 0. The van der Waals surface area contributed by atoms with Crippen molar-refractivity contribution in [3.8, 4) is 0 Å². The lowest BCUT2D eigenvalue weighted by Gasteiger charge is -2.08. The number of hydrogen-bond donors (Lipinski definition) is 1. The molecule has 2 rings (SSSR count). The molecule has 1 aromatic rings. The lowest BCUT2D eigenvalue weighted by atomic mass is 9.99. The van der Waals surface area contributed by atoms with Gasteiger partial charge in [0.1, 0.15) is 5.78 Å². The highest BCUT2D eigenvalue weighted by Crippen LogP contribution is 2.39. The Morgan fingerprint density at radius 2 is 1.89 bits per heavy atom. The van der Waals surface area contributed by atoms with Crippen molar-refractivity contribution in [2.75, 3.05) is 0 Å². The van der Waals surface area contributed by atoms with Gasteiger partial charge in [-0.1, -0.05) is 6.92 Å². The number of aryl methyl sites for hydroxylation is 1. The standard InChI is InChI=1S/C14H17F2NO/c1-8-4-11(8)14(18)3-2-9-5-12(15)13(16)6-10(9)7-17/h5-6,8,11H,2-4,7,17H2,1H3. The molecule has 98 valence electrons. The van der Waals surface area contributed by atoms with Crippen LogP contribution in [-0.2, 0) is 17.8 Å². The highest BCUT2D eigenvalue weighted by atomic mass is 19.2. The van der Waals surface area contributed by atoms with Crippen LogP contribution in [0.3, 0.4) is 0 Å². The second-order valence-corrected chi connectivity index (χ2v) is 5.02. The number of carbonyl (C=O) groups is 1. The highest BCUT2D eigenvalue weighted by molar-refractivity contribution is 5.83. The first-order valence-electron chi connectivity index (χ1n) is 6.22. The van der Waals surface area contributed by atoms with E-state index in [1.54, 1.807) is 0 Å². The number of Topliss-reactive ketones (excluding diaryl/α,β-unsaturated/α-hetero) is 1. The molecular weight excluding hydrogens is 236 g/mol. The largest absolute Gasteiger partial charge is 0.326 e. The number of benzene rings is 1. The van der Waals surface area contributed by atoms with Crippen molar-refractivity contribution in [3.63, 3.8) is 0 Å². The van der Waals surface area contributed by atoms with Crippen molar-refractivity contribution in [2.45, 2.75) is 32.7 Å². The van der Waals surface area contributed by atoms with E-state index in [-0.39, 0.29) is 18.2 Å². The van der Waals surface area contributed by atoms with Crippen molar-refractivity contribution in [1.29, 1.82) is 0 Å². The average molecular weight is 253 g/mol. The van der Waals surface area contributed by atoms with Crippen LogP contribution in [0, 0.1) is 23.5 Å². The van der Waals surface area contributed by atoms with Crippen LogP contribution in [-0.4, -0.2) is 5.78 Å². The van der Waals surface area contributed by atoms with Gasteiger partial charge in [0.15, 0.2) is 11.6 Å². The van der Waals surface area contributed by atoms with Crippen molar-refractivity contribution in [3.05, 3.63) is 34.9 Å². The van der Waals surface area contributed by atoms with E-state index >= 15 is 0 Å². The summed E-state index contributed by atoms with van der Waals surface area (Å²) in [5.74, 6) is -0.890. The fraction of sp³-hybridized carbons (Fsp3) is 0.500. The molecular formula is C14H17F2NO. The molecule has 0 aliphatic heterocycles. The second kappa shape index (κ2) is 5.14. The zero-order chi connectivity index (χ0) is 13.3. The molecule has 2 unspecified atom stereocenters. The van der Waals surface area contributed by atoms with Gasteiger partial charge in [-0.25, -0.2) is 8.78 Å². The molecule has 1 saturated carbocycles. The van der Waals surface area contributed by atoms with Gasteiger partial charge in [0, 0.05) is 18.9 Å². The van der Waals surface area contributed by atoms with Gasteiger partial charge in [-0.3, -0.25) is 4.79 Å². The predicted molar refractivity (Wildman–Crippen MR) is 64.8 cm³/mol. The minimum Gasteiger partial charge on any atom is -0.326 e. The average Bonchev–Trinajstić information content (AvgIpc) is 3.07. The summed E-state index contributed by atoms with van der Waals surface area (Å²) < 4.78 is 26.2. The molecule has 2 N–H and O–H groups in total. The zero-order valence-electron chi connectivity index (χ0n) is 10.4. The molecule has 0 radical (unpaired) electrons. The number of ketones is 1. The van der Waals surface area contributed by atoms with Gasteiger partial charge < -0.3 is 5.73 Å². The third-order valence-electron chi connectivity index (χ3n) is 3.63. The highest BCUT2D eigenvalue weighted by Gasteiger charge is 2.38. The van der Waals surface area contributed by atoms with Crippen LogP contribution in [0.2, 0.25) is 0 Å². The third kappa shape index (κ3) is 2.75. The Hall–Kier alpha value is -1.29. The minimum absolute atomic E-state index is 0.153. The molecule has 0 aromatic heterocycles. The SMILES string of the molecule is CC1CC1C(=O)CCc1cc(F)c(F)cc1CN. The summed E-state index contributed by atoms with van der Waals surface area (Å²) in [6, 6.07) is 2.27. The van der Waals surface area contributed by atoms with Crippen molar-refractivity contribution in [2.24, 2.45) is 17.6 Å². The van der Waals surface area contributed by atoms with Crippen molar-refractivity contribution < 1.29 is 13.6 Å². The molecule has 1 aliphatic carbocycles. The Bertz CT molecular complexity index is 473. The van der Waals surface area contributed by atoms with Crippen LogP contribution in [0.15, 0.2) is 12.1 Å². The number of nitrogens with two attached hydrogens (primary N) is 1. The maximum atomic E-state index is 13.2. The maximum Gasteiger partial charge on any atom is 0.159 e. The fourth-order valence-electron chi connectivity index (χ4n) is 2.27. The van der Waals surface area contributed by atoms with Gasteiger partial charge in [-0.05, 0) is 42.0 Å². The first-order valence-corrected chi connectivity index (χ1v) is 6.22. The molecule has 1 aromatic carbocycles. The molecule has 1 aliphatic rings. The smallest absolute Gasteiger partial charge is 0.159 e. The van der Waals surface area contributed by atoms with E-state index in [4.69, 9.17) is 5.73 Å². The van der Waals surface area contributed by atoms with Crippen molar-refractivity contribution >= 4 is 5.78 Å². The first-order chi connectivity index (χ1) is 8.52. The summed E-state index contributed by atoms with van der Waals surface area (Å²) in [5.41, 5.74) is 6.71. The van der Waals surface area contributed by atoms with E-state index in [9.17, 15) is 13.6 Å². The molecule has 2 nitrogen and oxygen atoms in total. The maximum absolute atomic E-state index is 13.2. The number of carbonyl (C=O) groups excluding carboxylic acids is 1. The molecule has 4 heteroatoms. The lowest BCUT2D eigenvalue weighted by molar-refractivity contribution is -0.120. The summed E-state index contributed by atoms with van der Waals surface area (Å²) in [7, 11) is 0. The summed E-state index contributed by atoms with van der Waals surface area (Å²) in [5, 5.41) is 0. The summed E-state index contributed by atoms with van der Waals surface area (Å²) in [4.78, 5) is 11.7. The summed E-state index contributed by atoms with van der Waals surface area (Å²) in [6.45, 7) is 2.20. The molecule has 18 heavy (non-hydrogen) atoms. The zero-order valence-corrected chi connectivity index (χ0v) is 10.4. The predicted octanol–water partition coefficient (Wildman–Crippen LogP) is 2.58. The molecule has 0 amide bonds. The van der Waals surface area contributed by atoms with Crippen LogP contribution >= 0.6 is 0 Å². The number of halogens is 2. The first kappa shape index (κ1) is 13.1. The molecule has 1 fully saturated rings. The monoisotopic (exact) mass is 253 g/mol. The van der Waals surface area contributed by atoms with E-state index < -0.39 is 11.6 Å². The quantitative estimate of drug-likeness (QED) is 0.876. The van der Waals surface area contributed by atoms with E-state index in [0.717, 1.165) is 18.6 Å². The van der Waals surface area contributed by atoms with Crippen molar-refractivity contribution in [1.82, 2.24) is 0 Å². The van der Waals surface area contributed by atoms with Gasteiger partial charge in [-0.2, -0.15) is 0 Å². The number of hydrogen-bond acceptors (Lipinski definition) is 2. The fourth-order valence-corrected chi connectivity index (χ4v) is 2.27. The Morgan fingerprint density at radius 3 is 2.39 bits per heavy atom. The second-order valence-electron chi connectivity index (χ2n) is 5.02. The van der Waals surface area contributed by atoms with Gasteiger partial charge in [0.05, 0.1) is 0 Å². The van der Waals surface area contributed by atoms with Crippen LogP contribution in [0.1, 0.15) is 30.9 Å². The topological polar surface area (TPSA) is 43.1 Å². The Labute approximate surface area is 105 Å². The van der Waals surface area contributed by atoms with E-state index in [1.807, 2.05) is 6.92 Å². The molecule has 0 spiro atoms. The Balaban J connectivity index is 2.04. The molecule has 0 saturated heterocycles. The summed E-state index contributed by atoms with van der Waals surface area (Å²) in [6.07, 6.45) is 1.78. The molecule has 0 heterocycles.